The van der Waals surface area contributed by atoms with Crippen molar-refractivity contribution in [1.82, 2.24) is 5.32 Å². The molecule has 0 saturated carbocycles. The van der Waals surface area contributed by atoms with E-state index in [0.29, 0.717) is 5.75 Å². The molecule has 1 aliphatic heterocycles. The molecule has 2 rings (SSSR count). The van der Waals surface area contributed by atoms with Crippen LogP contribution in [0, 0.1) is 0 Å². The SMILES string of the molecule is CC[C@@H](NCC1(SC)CCOCC1)c1ccccc1O. The first-order valence-electron chi connectivity index (χ1n) is 7.35. The molecule has 0 bridgehead atoms. The second kappa shape index (κ2) is 7.34. The number of para-hydroxylation sites is 1. The molecule has 1 heterocycles. The summed E-state index contributed by atoms with van der Waals surface area (Å²) in [5.74, 6) is 0.386. The predicted octanol–water partition coefficient (Wildman–Crippen LogP) is 3.35. The number of benzene rings is 1. The summed E-state index contributed by atoms with van der Waals surface area (Å²) >= 11 is 1.94. The van der Waals surface area contributed by atoms with E-state index in [0.717, 1.165) is 44.6 Å². The number of hydrogen-bond acceptors (Lipinski definition) is 4. The highest BCUT2D eigenvalue weighted by molar-refractivity contribution is 8.00. The van der Waals surface area contributed by atoms with E-state index in [9.17, 15) is 5.11 Å². The third kappa shape index (κ3) is 3.68. The van der Waals surface area contributed by atoms with Crippen molar-refractivity contribution in [2.24, 2.45) is 0 Å². The summed E-state index contributed by atoms with van der Waals surface area (Å²) in [4.78, 5) is 0. The zero-order chi connectivity index (χ0) is 14.4. The summed E-state index contributed by atoms with van der Waals surface area (Å²) < 4.78 is 5.76. The molecule has 0 amide bonds. The lowest BCUT2D eigenvalue weighted by Crippen LogP contribution is -2.43. The van der Waals surface area contributed by atoms with Gasteiger partial charge in [-0.05, 0) is 31.6 Å². The fourth-order valence-electron chi connectivity index (χ4n) is 2.76. The van der Waals surface area contributed by atoms with Crippen molar-refractivity contribution in [2.45, 2.75) is 37.0 Å². The number of phenolic OH excluding ortho intramolecular Hbond substituents is 1. The Labute approximate surface area is 126 Å². The van der Waals surface area contributed by atoms with E-state index in [4.69, 9.17) is 4.74 Å². The lowest BCUT2D eigenvalue weighted by molar-refractivity contribution is 0.0764. The molecule has 0 aliphatic carbocycles. The largest absolute Gasteiger partial charge is 0.508 e. The van der Waals surface area contributed by atoms with Crippen LogP contribution in [0.1, 0.15) is 37.8 Å². The second-order valence-electron chi connectivity index (χ2n) is 5.40. The van der Waals surface area contributed by atoms with Gasteiger partial charge in [0.1, 0.15) is 5.75 Å². The first kappa shape index (κ1) is 15.7. The number of aromatic hydroxyl groups is 1. The molecule has 1 saturated heterocycles. The second-order valence-corrected chi connectivity index (χ2v) is 6.67. The third-order valence-electron chi connectivity index (χ3n) is 4.23. The summed E-state index contributed by atoms with van der Waals surface area (Å²) in [5.41, 5.74) is 0.998. The van der Waals surface area contributed by atoms with Crippen LogP contribution in [0.3, 0.4) is 0 Å². The molecule has 1 atom stereocenters. The van der Waals surface area contributed by atoms with E-state index in [2.05, 4.69) is 18.5 Å². The maximum Gasteiger partial charge on any atom is 0.120 e. The van der Waals surface area contributed by atoms with Crippen molar-refractivity contribution >= 4 is 11.8 Å². The zero-order valence-corrected chi connectivity index (χ0v) is 13.2. The van der Waals surface area contributed by atoms with Crippen LogP contribution in [-0.4, -0.2) is 35.9 Å². The Kier molecular flexibility index (Phi) is 5.75. The molecule has 20 heavy (non-hydrogen) atoms. The minimum atomic E-state index is 0.211. The highest BCUT2D eigenvalue weighted by Gasteiger charge is 2.32. The van der Waals surface area contributed by atoms with Crippen molar-refractivity contribution in [3.63, 3.8) is 0 Å². The van der Waals surface area contributed by atoms with Gasteiger partial charge < -0.3 is 15.2 Å². The molecule has 112 valence electrons. The minimum absolute atomic E-state index is 0.211. The summed E-state index contributed by atoms with van der Waals surface area (Å²) in [6.45, 7) is 4.83. The standard InChI is InChI=1S/C16H25NO2S/c1-3-14(13-6-4-5-7-15(13)18)17-12-16(20-2)8-10-19-11-9-16/h4-7,14,17-18H,3,8-12H2,1-2H3/t14-/m1/s1. The van der Waals surface area contributed by atoms with E-state index < -0.39 is 0 Å². The zero-order valence-electron chi connectivity index (χ0n) is 12.4. The molecule has 2 N–H and O–H groups in total. The minimum Gasteiger partial charge on any atom is -0.508 e. The smallest absolute Gasteiger partial charge is 0.120 e. The monoisotopic (exact) mass is 295 g/mol. The first-order valence-corrected chi connectivity index (χ1v) is 8.57. The van der Waals surface area contributed by atoms with Gasteiger partial charge in [-0.3, -0.25) is 0 Å². The Balaban J connectivity index is 2.01. The van der Waals surface area contributed by atoms with Gasteiger partial charge in [-0.15, -0.1) is 0 Å². The van der Waals surface area contributed by atoms with E-state index >= 15 is 0 Å². The van der Waals surface area contributed by atoms with Crippen molar-refractivity contribution in [3.05, 3.63) is 29.8 Å². The van der Waals surface area contributed by atoms with E-state index in [-0.39, 0.29) is 10.8 Å². The number of rotatable bonds is 6. The number of ether oxygens (including phenoxy) is 1. The highest BCUT2D eigenvalue weighted by Crippen LogP contribution is 2.34. The van der Waals surface area contributed by atoms with Gasteiger partial charge in [-0.2, -0.15) is 11.8 Å². The van der Waals surface area contributed by atoms with Crippen LogP contribution in [0.5, 0.6) is 5.75 Å². The van der Waals surface area contributed by atoms with E-state index in [1.807, 2.05) is 30.0 Å². The Hall–Kier alpha value is -0.710. The molecular weight excluding hydrogens is 270 g/mol. The molecule has 1 fully saturated rings. The molecule has 4 heteroatoms. The number of nitrogens with one attached hydrogen (secondary N) is 1. The van der Waals surface area contributed by atoms with Crippen molar-refractivity contribution in [3.8, 4) is 5.75 Å². The molecule has 0 unspecified atom stereocenters. The fourth-order valence-corrected chi connectivity index (χ4v) is 3.56. The van der Waals surface area contributed by atoms with Gasteiger partial charge in [-0.25, -0.2) is 0 Å². The van der Waals surface area contributed by atoms with E-state index in [1.165, 1.54) is 0 Å². The highest BCUT2D eigenvalue weighted by atomic mass is 32.2. The number of phenols is 1. The van der Waals surface area contributed by atoms with Crippen LogP contribution < -0.4 is 5.32 Å². The Morgan fingerprint density at radius 2 is 2.05 bits per heavy atom. The van der Waals surface area contributed by atoms with Crippen LogP contribution in [0.25, 0.3) is 0 Å². The maximum absolute atomic E-state index is 10.0. The normalized spacial score (nSPS) is 19.7. The Bertz CT molecular complexity index is 419. The molecule has 1 aliphatic rings. The van der Waals surface area contributed by atoms with Crippen LogP contribution in [0.4, 0.5) is 0 Å². The number of thioether (sulfide) groups is 1. The summed E-state index contributed by atoms with van der Waals surface area (Å²) in [6.07, 6.45) is 5.35. The molecule has 0 radical (unpaired) electrons. The lowest BCUT2D eigenvalue weighted by Gasteiger charge is -2.37. The van der Waals surface area contributed by atoms with Gasteiger partial charge in [0.15, 0.2) is 0 Å². The van der Waals surface area contributed by atoms with Crippen LogP contribution >= 0.6 is 11.8 Å². The van der Waals surface area contributed by atoms with E-state index in [1.54, 1.807) is 6.07 Å². The van der Waals surface area contributed by atoms with Gasteiger partial charge in [0, 0.05) is 36.1 Å². The van der Waals surface area contributed by atoms with Crippen LogP contribution in [-0.2, 0) is 4.74 Å². The molecule has 0 spiro atoms. The summed E-state index contributed by atoms with van der Waals surface area (Å²) in [7, 11) is 0. The first-order chi connectivity index (χ1) is 9.71. The quantitative estimate of drug-likeness (QED) is 0.844. The third-order valence-corrected chi connectivity index (χ3v) is 5.65. The van der Waals surface area contributed by atoms with Crippen LogP contribution in [0.15, 0.2) is 24.3 Å². The average Bonchev–Trinajstić information content (AvgIpc) is 2.50. The molecule has 1 aromatic carbocycles. The van der Waals surface area contributed by atoms with Crippen molar-refractivity contribution in [2.75, 3.05) is 26.0 Å². The van der Waals surface area contributed by atoms with Gasteiger partial charge in [-0.1, -0.05) is 25.1 Å². The molecule has 1 aromatic rings. The van der Waals surface area contributed by atoms with Gasteiger partial charge >= 0.3 is 0 Å². The lowest BCUT2D eigenvalue weighted by atomic mass is 9.97. The Morgan fingerprint density at radius 3 is 2.65 bits per heavy atom. The topological polar surface area (TPSA) is 41.5 Å². The number of hydrogen-bond donors (Lipinski definition) is 2. The average molecular weight is 295 g/mol. The molecule has 0 aromatic heterocycles. The Morgan fingerprint density at radius 1 is 1.35 bits per heavy atom. The fraction of sp³-hybridized carbons (Fsp3) is 0.625. The molecule has 3 nitrogen and oxygen atoms in total. The van der Waals surface area contributed by atoms with Crippen LogP contribution in [0.2, 0.25) is 0 Å². The van der Waals surface area contributed by atoms with Crippen molar-refractivity contribution < 1.29 is 9.84 Å². The van der Waals surface area contributed by atoms with Gasteiger partial charge in [0.05, 0.1) is 0 Å². The van der Waals surface area contributed by atoms with Crippen molar-refractivity contribution in [1.29, 1.82) is 0 Å². The predicted molar refractivity (Wildman–Crippen MR) is 85.4 cm³/mol. The summed E-state index contributed by atoms with van der Waals surface area (Å²) in [6, 6.07) is 7.83. The van der Waals surface area contributed by atoms with Gasteiger partial charge in [0.25, 0.3) is 0 Å². The summed E-state index contributed by atoms with van der Waals surface area (Å²) in [5, 5.41) is 13.7. The molecular formula is C16H25NO2S. The maximum atomic E-state index is 10.0. The van der Waals surface area contributed by atoms with Gasteiger partial charge in [0.2, 0.25) is 0 Å².